The molecule has 10 heteroatoms. The molecule has 1 saturated carbocycles. The number of carbonyl (C=O) groups is 4. The number of nitrogens with two attached hydrogens (primary N) is 1. The van der Waals surface area contributed by atoms with E-state index in [9.17, 15) is 19.2 Å². The molecule has 2 aromatic rings. The number of nitrogens with one attached hydrogen (secondary N) is 4. The zero-order valence-corrected chi connectivity index (χ0v) is 18.5. The number of benzene rings is 1. The van der Waals surface area contributed by atoms with Crippen molar-refractivity contribution in [2.24, 2.45) is 17.6 Å². The molecule has 176 valence electrons. The number of aromatic amines is 1. The van der Waals surface area contributed by atoms with Crippen LogP contribution in [0.25, 0.3) is 10.9 Å². The quantitative estimate of drug-likeness (QED) is 0.354. The average molecular weight is 456 g/mol. The summed E-state index contributed by atoms with van der Waals surface area (Å²) in [7, 11) is 1.56. The van der Waals surface area contributed by atoms with Crippen molar-refractivity contribution >= 4 is 34.5 Å². The van der Waals surface area contributed by atoms with Crippen LogP contribution in [0, 0.1) is 11.8 Å². The van der Waals surface area contributed by atoms with E-state index in [0.717, 1.165) is 23.7 Å². The minimum atomic E-state index is -0.984. The molecule has 2 aliphatic rings. The number of ether oxygens (including phenoxy) is 1. The highest BCUT2D eigenvalue weighted by Crippen LogP contribution is 2.34. The van der Waals surface area contributed by atoms with Crippen LogP contribution in [-0.4, -0.2) is 54.4 Å². The van der Waals surface area contributed by atoms with E-state index in [0.29, 0.717) is 36.7 Å². The molecule has 1 saturated heterocycles. The number of amides is 4. The smallest absolute Gasteiger partial charge is 0.268 e. The van der Waals surface area contributed by atoms with Crippen molar-refractivity contribution in [3.63, 3.8) is 0 Å². The van der Waals surface area contributed by atoms with Crippen molar-refractivity contribution in [3.05, 3.63) is 30.0 Å². The zero-order chi connectivity index (χ0) is 23.5. The first kappa shape index (κ1) is 22.6. The molecule has 3 atom stereocenters. The maximum atomic E-state index is 13.1. The third-order valence-corrected chi connectivity index (χ3v) is 6.32. The van der Waals surface area contributed by atoms with Crippen LogP contribution in [0.3, 0.4) is 0 Å². The largest absolute Gasteiger partial charge is 0.496 e. The van der Waals surface area contributed by atoms with Crippen LogP contribution in [0.15, 0.2) is 24.3 Å². The Balaban J connectivity index is 1.46. The summed E-state index contributed by atoms with van der Waals surface area (Å²) < 4.78 is 5.34. The molecule has 10 nitrogen and oxygen atoms in total. The van der Waals surface area contributed by atoms with E-state index in [1.165, 1.54) is 0 Å². The van der Waals surface area contributed by atoms with Gasteiger partial charge < -0.3 is 31.4 Å². The van der Waals surface area contributed by atoms with E-state index in [2.05, 4.69) is 20.9 Å². The molecule has 0 radical (unpaired) electrons. The molecule has 2 fully saturated rings. The topological polar surface area (TPSA) is 155 Å². The Morgan fingerprint density at radius 2 is 1.94 bits per heavy atom. The number of carbonyl (C=O) groups excluding carboxylic acids is 4. The summed E-state index contributed by atoms with van der Waals surface area (Å²) in [5.74, 6) is -1.16. The number of H-pyrrole nitrogens is 1. The number of hydrogen-bond donors (Lipinski definition) is 5. The van der Waals surface area contributed by atoms with E-state index >= 15 is 0 Å². The van der Waals surface area contributed by atoms with Gasteiger partial charge in [0.25, 0.3) is 5.91 Å². The Morgan fingerprint density at radius 3 is 2.58 bits per heavy atom. The average Bonchev–Trinajstić information content (AvgIpc) is 3.34. The molecule has 4 amide bonds. The van der Waals surface area contributed by atoms with E-state index in [1.54, 1.807) is 19.2 Å². The van der Waals surface area contributed by atoms with Gasteiger partial charge in [0.05, 0.1) is 7.11 Å². The van der Waals surface area contributed by atoms with E-state index in [4.69, 9.17) is 10.5 Å². The number of methoxy groups -OCH3 is 1. The van der Waals surface area contributed by atoms with E-state index in [1.807, 2.05) is 12.1 Å². The molecule has 1 aromatic carbocycles. The molecule has 1 aliphatic heterocycles. The van der Waals surface area contributed by atoms with Gasteiger partial charge in [-0.25, -0.2) is 0 Å². The normalized spacial score (nSPS) is 19.5. The van der Waals surface area contributed by atoms with Crippen molar-refractivity contribution in [2.75, 3.05) is 13.7 Å². The fraction of sp³-hybridized carbons (Fsp3) is 0.478. The Hall–Kier alpha value is -3.56. The lowest BCUT2D eigenvalue weighted by Crippen LogP contribution is -2.53. The molecule has 0 spiro atoms. The summed E-state index contributed by atoms with van der Waals surface area (Å²) in [4.78, 5) is 52.9. The maximum absolute atomic E-state index is 13.1. The second kappa shape index (κ2) is 9.51. The molecule has 1 aromatic heterocycles. The van der Waals surface area contributed by atoms with Crippen molar-refractivity contribution < 1.29 is 23.9 Å². The van der Waals surface area contributed by atoms with Gasteiger partial charge in [-0.3, -0.25) is 19.2 Å². The second-order valence-electron chi connectivity index (χ2n) is 8.79. The van der Waals surface area contributed by atoms with Gasteiger partial charge in [0, 0.05) is 23.4 Å². The summed E-state index contributed by atoms with van der Waals surface area (Å²) in [5.41, 5.74) is 6.54. The first-order valence-corrected chi connectivity index (χ1v) is 11.2. The second-order valence-corrected chi connectivity index (χ2v) is 8.79. The summed E-state index contributed by atoms with van der Waals surface area (Å²) in [6.45, 7) is 0.540. The Kier molecular flexibility index (Phi) is 6.52. The SMILES string of the molecule is COc1cccc2[nH]c(C(=O)N[C@@H](CC3CC3)C(=O)N[C@@H](C[C@@H]3CCNC3=O)C(N)=O)cc12. The van der Waals surface area contributed by atoms with E-state index < -0.39 is 29.8 Å². The minimum absolute atomic E-state index is 0.138. The number of rotatable bonds is 10. The van der Waals surface area contributed by atoms with Crippen molar-refractivity contribution in [1.82, 2.24) is 20.9 Å². The summed E-state index contributed by atoms with van der Waals surface area (Å²) in [6.07, 6.45) is 3.18. The first-order valence-electron chi connectivity index (χ1n) is 11.2. The fourth-order valence-corrected chi connectivity index (χ4v) is 4.26. The highest BCUT2D eigenvalue weighted by Gasteiger charge is 2.35. The van der Waals surface area contributed by atoms with Crippen molar-refractivity contribution in [3.8, 4) is 5.75 Å². The molecular weight excluding hydrogens is 426 g/mol. The summed E-state index contributed by atoms with van der Waals surface area (Å²) in [5, 5.41) is 8.93. The Labute approximate surface area is 191 Å². The van der Waals surface area contributed by atoms with Crippen molar-refractivity contribution in [1.29, 1.82) is 0 Å². The van der Waals surface area contributed by atoms with Crippen LogP contribution in [0.2, 0.25) is 0 Å². The predicted octanol–water partition coefficient (Wildman–Crippen LogP) is 0.571. The third-order valence-electron chi connectivity index (χ3n) is 6.32. The number of aromatic nitrogens is 1. The van der Waals surface area contributed by atoms with E-state index in [-0.39, 0.29) is 18.2 Å². The molecule has 2 heterocycles. The van der Waals surface area contributed by atoms with Crippen LogP contribution >= 0.6 is 0 Å². The lowest BCUT2D eigenvalue weighted by atomic mass is 9.97. The number of hydrogen-bond acceptors (Lipinski definition) is 5. The highest BCUT2D eigenvalue weighted by atomic mass is 16.5. The zero-order valence-electron chi connectivity index (χ0n) is 18.5. The van der Waals surface area contributed by atoms with Crippen LogP contribution in [0.5, 0.6) is 5.75 Å². The standard InChI is InChI=1S/C23H29N5O5/c1-33-19-4-2-3-15-14(19)11-18(26-15)23(32)28-17(9-12-5-6-12)22(31)27-16(20(24)29)10-13-7-8-25-21(13)30/h2-4,11-13,16-17,26H,5-10H2,1H3,(H2,24,29)(H,25,30)(H,27,31)(H,28,32)/t13-,16-,17-/m0/s1. The monoisotopic (exact) mass is 455 g/mol. The third kappa shape index (κ3) is 5.27. The lowest BCUT2D eigenvalue weighted by Gasteiger charge is -2.23. The van der Waals surface area contributed by atoms with Gasteiger partial charge in [-0.15, -0.1) is 0 Å². The number of primary amides is 1. The van der Waals surface area contributed by atoms with Crippen LogP contribution in [0.1, 0.15) is 42.6 Å². The molecule has 1 aliphatic carbocycles. The summed E-state index contributed by atoms with van der Waals surface area (Å²) >= 11 is 0. The predicted molar refractivity (Wildman–Crippen MR) is 120 cm³/mol. The fourth-order valence-electron chi connectivity index (χ4n) is 4.26. The van der Waals surface area contributed by atoms with Crippen LogP contribution < -0.4 is 26.4 Å². The van der Waals surface area contributed by atoms with Gasteiger partial charge in [0.1, 0.15) is 23.5 Å². The molecule has 0 unspecified atom stereocenters. The molecular formula is C23H29N5O5. The van der Waals surface area contributed by atoms with Gasteiger partial charge in [-0.2, -0.15) is 0 Å². The molecule has 6 N–H and O–H groups in total. The maximum Gasteiger partial charge on any atom is 0.268 e. The lowest BCUT2D eigenvalue weighted by molar-refractivity contribution is -0.130. The van der Waals surface area contributed by atoms with Crippen LogP contribution in [-0.2, 0) is 14.4 Å². The Bertz CT molecular complexity index is 1080. The van der Waals surface area contributed by atoms with Gasteiger partial charge in [-0.1, -0.05) is 18.9 Å². The Morgan fingerprint density at radius 1 is 1.15 bits per heavy atom. The van der Waals surface area contributed by atoms with Gasteiger partial charge in [0.2, 0.25) is 17.7 Å². The highest BCUT2D eigenvalue weighted by molar-refractivity contribution is 6.01. The molecule has 33 heavy (non-hydrogen) atoms. The molecule has 4 rings (SSSR count). The van der Waals surface area contributed by atoms with Gasteiger partial charge >= 0.3 is 0 Å². The van der Waals surface area contributed by atoms with Gasteiger partial charge in [-0.05, 0) is 43.4 Å². The number of fused-ring (bicyclic) bond motifs is 1. The van der Waals surface area contributed by atoms with Crippen molar-refractivity contribution in [2.45, 2.75) is 44.2 Å². The van der Waals surface area contributed by atoms with Crippen LogP contribution in [0.4, 0.5) is 0 Å². The minimum Gasteiger partial charge on any atom is -0.496 e. The first-order chi connectivity index (χ1) is 15.9. The summed E-state index contributed by atoms with van der Waals surface area (Å²) in [6, 6.07) is 5.33. The molecule has 0 bridgehead atoms. The van der Waals surface area contributed by atoms with Gasteiger partial charge in [0.15, 0.2) is 0 Å².